The molecule has 3 heterocycles. The first-order valence-corrected chi connectivity index (χ1v) is 7.28. The molecule has 0 aromatic carbocycles. The van der Waals surface area contributed by atoms with Gasteiger partial charge in [-0.15, -0.1) is 11.3 Å². The van der Waals surface area contributed by atoms with Crippen LogP contribution < -0.4 is 10.2 Å². The van der Waals surface area contributed by atoms with Crippen LogP contribution in [-0.2, 0) is 0 Å². The van der Waals surface area contributed by atoms with Crippen LogP contribution in [-0.4, -0.2) is 36.4 Å². The summed E-state index contributed by atoms with van der Waals surface area (Å²) in [5.41, 5.74) is 2.45. The Balaban J connectivity index is 1.82. The van der Waals surface area contributed by atoms with Crippen LogP contribution in [0, 0.1) is 6.92 Å². The van der Waals surface area contributed by atoms with Crippen LogP contribution in [0.2, 0.25) is 0 Å². The average molecular weight is 262 g/mol. The van der Waals surface area contributed by atoms with E-state index >= 15 is 0 Å². The summed E-state index contributed by atoms with van der Waals surface area (Å²) < 4.78 is 0. The third-order valence-electron chi connectivity index (χ3n) is 3.34. The SMILES string of the molecule is Cc1ccsc1-c1cc(N2CCCNCC2)n[nH]1. The van der Waals surface area contributed by atoms with E-state index in [-0.39, 0.29) is 0 Å². The van der Waals surface area contributed by atoms with Gasteiger partial charge in [-0.2, -0.15) is 5.10 Å². The number of nitrogens with zero attached hydrogens (tertiary/aromatic N) is 2. The van der Waals surface area contributed by atoms with Crippen LogP contribution in [0.25, 0.3) is 10.6 Å². The molecule has 0 aliphatic carbocycles. The van der Waals surface area contributed by atoms with Crippen LogP contribution in [0.15, 0.2) is 17.5 Å². The highest BCUT2D eigenvalue weighted by molar-refractivity contribution is 7.13. The highest BCUT2D eigenvalue weighted by Gasteiger charge is 2.14. The number of anilines is 1. The molecule has 0 amide bonds. The van der Waals surface area contributed by atoms with Crippen molar-refractivity contribution in [3.05, 3.63) is 23.1 Å². The highest BCUT2D eigenvalue weighted by Crippen LogP contribution is 2.29. The normalized spacial score (nSPS) is 16.8. The number of thiophene rings is 1. The molecule has 0 saturated carbocycles. The summed E-state index contributed by atoms with van der Waals surface area (Å²) in [6.45, 7) is 6.41. The van der Waals surface area contributed by atoms with Crippen molar-refractivity contribution in [2.45, 2.75) is 13.3 Å². The molecule has 1 saturated heterocycles. The van der Waals surface area contributed by atoms with Gasteiger partial charge in [0.2, 0.25) is 0 Å². The lowest BCUT2D eigenvalue weighted by molar-refractivity contribution is 0.724. The molecule has 2 aromatic heterocycles. The fourth-order valence-corrected chi connectivity index (χ4v) is 3.21. The molecular weight excluding hydrogens is 244 g/mol. The lowest BCUT2D eigenvalue weighted by atomic mass is 10.2. The third-order valence-corrected chi connectivity index (χ3v) is 4.38. The molecule has 0 atom stereocenters. The lowest BCUT2D eigenvalue weighted by Gasteiger charge is -2.18. The second-order valence-electron chi connectivity index (χ2n) is 4.66. The maximum atomic E-state index is 4.46. The van der Waals surface area contributed by atoms with Crippen molar-refractivity contribution < 1.29 is 0 Å². The summed E-state index contributed by atoms with van der Waals surface area (Å²) in [6, 6.07) is 4.32. The van der Waals surface area contributed by atoms with Crippen molar-refractivity contribution >= 4 is 17.2 Å². The molecule has 3 rings (SSSR count). The van der Waals surface area contributed by atoms with E-state index in [1.165, 1.54) is 16.9 Å². The average Bonchev–Trinajstić information content (AvgIpc) is 2.91. The van der Waals surface area contributed by atoms with Crippen molar-refractivity contribution in [1.82, 2.24) is 15.5 Å². The summed E-state index contributed by atoms with van der Waals surface area (Å²) in [7, 11) is 0. The Labute approximate surface area is 111 Å². The molecule has 2 aromatic rings. The maximum absolute atomic E-state index is 4.46. The first kappa shape index (κ1) is 11.7. The Morgan fingerprint density at radius 1 is 1.33 bits per heavy atom. The number of H-pyrrole nitrogens is 1. The largest absolute Gasteiger partial charge is 0.354 e. The molecule has 0 unspecified atom stereocenters. The maximum Gasteiger partial charge on any atom is 0.151 e. The predicted molar refractivity (Wildman–Crippen MR) is 76.3 cm³/mol. The summed E-state index contributed by atoms with van der Waals surface area (Å²) in [4.78, 5) is 3.64. The first-order chi connectivity index (χ1) is 8.84. The molecule has 0 spiro atoms. The number of hydrogen-bond acceptors (Lipinski definition) is 4. The summed E-state index contributed by atoms with van der Waals surface area (Å²) in [6.07, 6.45) is 1.18. The quantitative estimate of drug-likeness (QED) is 0.872. The summed E-state index contributed by atoms with van der Waals surface area (Å²) in [5, 5.41) is 13.2. The van der Waals surface area contributed by atoms with Gasteiger partial charge in [0.05, 0.1) is 10.6 Å². The van der Waals surface area contributed by atoms with Gasteiger partial charge in [0.25, 0.3) is 0 Å². The molecule has 1 aliphatic rings. The standard InChI is InChI=1S/C13H18N4S/c1-10-3-8-18-13(10)11-9-12(16-15-11)17-6-2-4-14-5-7-17/h3,8-9,14H,2,4-7H2,1H3,(H,15,16). The molecule has 18 heavy (non-hydrogen) atoms. The van der Waals surface area contributed by atoms with Gasteiger partial charge in [-0.3, -0.25) is 5.10 Å². The van der Waals surface area contributed by atoms with Crippen molar-refractivity contribution in [1.29, 1.82) is 0 Å². The number of aromatic nitrogens is 2. The second-order valence-corrected chi connectivity index (χ2v) is 5.58. The van der Waals surface area contributed by atoms with Crippen LogP contribution in [0.1, 0.15) is 12.0 Å². The minimum atomic E-state index is 1.04. The van der Waals surface area contributed by atoms with E-state index in [9.17, 15) is 0 Å². The Kier molecular flexibility index (Phi) is 3.34. The fourth-order valence-electron chi connectivity index (χ4n) is 2.31. The third kappa shape index (κ3) is 2.28. The molecular formula is C13H18N4S. The van der Waals surface area contributed by atoms with Gasteiger partial charge in [-0.05, 0) is 36.9 Å². The fraction of sp³-hybridized carbons (Fsp3) is 0.462. The molecule has 2 N–H and O–H groups in total. The monoisotopic (exact) mass is 262 g/mol. The van der Waals surface area contributed by atoms with Crippen molar-refractivity contribution in [2.24, 2.45) is 0 Å². The van der Waals surface area contributed by atoms with E-state index in [1.54, 1.807) is 11.3 Å². The van der Waals surface area contributed by atoms with E-state index in [0.29, 0.717) is 0 Å². The van der Waals surface area contributed by atoms with Gasteiger partial charge in [0.15, 0.2) is 5.82 Å². The summed E-state index contributed by atoms with van der Waals surface area (Å²) >= 11 is 1.76. The van der Waals surface area contributed by atoms with Crippen molar-refractivity contribution in [2.75, 3.05) is 31.1 Å². The van der Waals surface area contributed by atoms with Crippen LogP contribution >= 0.6 is 11.3 Å². The molecule has 1 fully saturated rings. The Hall–Kier alpha value is -1.33. The highest BCUT2D eigenvalue weighted by atomic mass is 32.1. The van der Waals surface area contributed by atoms with Gasteiger partial charge in [-0.25, -0.2) is 0 Å². The smallest absolute Gasteiger partial charge is 0.151 e. The summed E-state index contributed by atoms with van der Waals surface area (Å²) in [5.74, 6) is 1.07. The Morgan fingerprint density at radius 2 is 2.28 bits per heavy atom. The molecule has 4 nitrogen and oxygen atoms in total. The second kappa shape index (κ2) is 5.12. The minimum absolute atomic E-state index is 1.04. The van der Waals surface area contributed by atoms with Gasteiger partial charge >= 0.3 is 0 Å². The van der Waals surface area contributed by atoms with Crippen LogP contribution in [0.3, 0.4) is 0 Å². The topological polar surface area (TPSA) is 44.0 Å². The predicted octanol–water partition coefficient (Wildman–Crippen LogP) is 2.25. The zero-order chi connectivity index (χ0) is 12.4. The number of aryl methyl sites for hydroxylation is 1. The number of rotatable bonds is 2. The number of nitrogens with one attached hydrogen (secondary N) is 2. The molecule has 0 bridgehead atoms. The molecule has 96 valence electrons. The van der Waals surface area contributed by atoms with Gasteiger partial charge in [0.1, 0.15) is 0 Å². The van der Waals surface area contributed by atoms with Crippen LogP contribution in [0.5, 0.6) is 0 Å². The van der Waals surface area contributed by atoms with Gasteiger partial charge in [-0.1, -0.05) is 0 Å². The van der Waals surface area contributed by atoms with Gasteiger partial charge < -0.3 is 10.2 Å². The van der Waals surface area contributed by atoms with E-state index in [0.717, 1.165) is 37.7 Å². The van der Waals surface area contributed by atoms with E-state index in [1.807, 2.05) is 0 Å². The zero-order valence-electron chi connectivity index (χ0n) is 10.6. The molecule has 5 heteroatoms. The van der Waals surface area contributed by atoms with Crippen LogP contribution in [0.4, 0.5) is 5.82 Å². The van der Waals surface area contributed by atoms with E-state index in [2.05, 4.69) is 44.9 Å². The molecule has 1 aliphatic heterocycles. The van der Waals surface area contributed by atoms with E-state index in [4.69, 9.17) is 0 Å². The zero-order valence-corrected chi connectivity index (χ0v) is 11.4. The van der Waals surface area contributed by atoms with Gasteiger partial charge in [0, 0.05) is 25.7 Å². The number of aromatic amines is 1. The van der Waals surface area contributed by atoms with E-state index < -0.39 is 0 Å². The lowest BCUT2D eigenvalue weighted by Crippen LogP contribution is -2.28. The minimum Gasteiger partial charge on any atom is -0.354 e. The molecule has 0 radical (unpaired) electrons. The first-order valence-electron chi connectivity index (χ1n) is 6.40. The Bertz CT molecular complexity index is 509. The Morgan fingerprint density at radius 3 is 3.11 bits per heavy atom. The van der Waals surface area contributed by atoms with Crippen molar-refractivity contribution in [3.8, 4) is 10.6 Å². The number of hydrogen-bond donors (Lipinski definition) is 2. The van der Waals surface area contributed by atoms with Crippen molar-refractivity contribution in [3.63, 3.8) is 0 Å².